The van der Waals surface area contributed by atoms with Gasteiger partial charge in [-0.25, -0.2) is 0 Å². The molecule has 2 aromatic rings. The van der Waals surface area contributed by atoms with Gasteiger partial charge in [0.2, 0.25) is 5.91 Å². The summed E-state index contributed by atoms with van der Waals surface area (Å²) in [6.07, 6.45) is 0.839. The highest BCUT2D eigenvalue weighted by Gasteiger charge is 2.21. The van der Waals surface area contributed by atoms with Crippen molar-refractivity contribution in [1.29, 1.82) is 0 Å². The Bertz CT molecular complexity index is 610. The van der Waals surface area contributed by atoms with Gasteiger partial charge in [0.25, 0.3) is 0 Å². The van der Waals surface area contributed by atoms with Crippen LogP contribution < -0.4 is 11.1 Å². The Hall–Kier alpha value is -2.13. The molecular formula is C19H24N2O. The second kappa shape index (κ2) is 7.76. The Morgan fingerprint density at radius 3 is 2.41 bits per heavy atom. The van der Waals surface area contributed by atoms with E-state index in [1.54, 1.807) is 0 Å². The highest BCUT2D eigenvalue weighted by molar-refractivity contribution is 5.79. The molecule has 0 bridgehead atoms. The zero-order chi connectivity index (χ0) is 15.9. The smallest absolute Gasteiger partial charge is 0.224 e. The van der Waals surface area contributed by atoms with Crippen LogP contribution in [0.25, 0.3) is 0 Å². The first-order valence-electron chi connectivity index (χ1n) is 7.72. The van der Waals surface area contributed by atoms with E-state index in [-0.39, 0.29) is 17.9 Å². The van der Waals surface area contributed by atoms with Gasteiger partial charge < -0.3 is 11.1 Å². The first-order chi connectivity index (χ1) is 10.6. The fourth-order valence-corrected chi connectivity index (χ4v) is 2.50. The van der Waals surface area contributed by atoms with Gasteiger partial charge in [-0.15, -0.1) is 0 Å². The molecule has 0 saturated carbocycles. The molecule has 0 aliphatic rings. The number of rotatable bonds is 6. The van der Waals surface area contributed by atoms with Crippen LogP contribution in [-0.4, -0.2) is 12.5 Å². The average Bonchev–Trinajstić information content (AvgIpc) is 2.56. The third kappa shape index (κ3) is 4.18. The number of benzene rings is 2. The molecule has 3 N–H and O–H groups in total. The predicted octanol–water partition coefficient (Wildman–Crippen LogP) is 2.99. The summed E-state index contributed by atoms with van der Waals surface area (Å²) in [7, 11) is 0. The molecule has 0 radical (unpaired) electrons. The summed E-state index contributed by atoms with van der Waals surface area (Å²) in [6.45, 7) is 4.60. The third-order valence-corrected chi connectivity index (χ3v) is 4.09. The largest absolute Gasteiger partial charge is 0.355 e. The molecule has 3 heteroatoms. The molecule has 0 aromatic heterocycles. The second-order valence-corrected chi connectivity index (χ2v) is 5.69. The van der Waals surface area contributed by atoms with E-state index in [2.05, 4.69) is 24.4 Å². The van der Waals surface area contributed by atoms with Crippen LogP contribution >= 0.6 is 0 Å². The fourth-order valence-electron chi connectivity index (χ4n) is 2.50. The zero-order valence-corrected chi connectivity index (χ0v) is 13.3. The SMILES string of the molecule is Cc1ccccc1CCNC(=O)C(C)C(N)c1ccccc1. The maximum absolute atomic E-state index is 12.2. The van der Waals surface area contributed by atoms with Crippen LogP contribution in [0.3, 0.4) is 0 Å². The first-order valence-corrected chi connectivity index (χ1v) is 7.72. The molecule has 0 fully saturated rings. The monoisotopic (exact) mass is 296 g/mol. The minimum Gasteiger partial charge on any atom is -0.355 e. The molecule has 2 unspecified atom stereocenters. The predicted molar refractivity (Wildman–Crippen MR) is 90.4 cm³/mol. The topological polar surface area (TPSA) is 55.1 Å². The third-order valence-electron chi connectivity index (χ3n) is 4.09. The number of nitrogens with two attached hydrogens (primary N) is 1. The lowest BCUT2D eigenvalue weighted by Gasteiger charge is -2.20. The summed E-state index contributed by atoms with van der Waals surface area (Å²) in [4.78, 5) is 12.2. The van der Waals surface area contributed by atoms with Gasteiger partial charge in [-0.2, -0.15) is 0 Å². The van der Waals surface area contributed by atoms with Crippen molar-refractivity contribution in [3.05, 3.63) is 71.3 Å². The summed E-state index contributed by atoms with van der Waals surface area (Å²) in [6, 6.07) is 17.7. The molecular weight excluding hydrogens is 272 g/mol. The number of hydrogen-bond donors (Lipinski definition) is 2. The van der Waals surface area contributed by atoms with E-state index < -0.39 is 0 Å². The standard InChI is InChI=1S/C19H24N2O/c1-14-8-6-7-9-16(14)12-13-21-19(22)15(2)18(20)17-10-4-3-5-11-17/h3-11,15,18H,12-13,20H2,1-2H3,(H,21,22). The van der Waals surface area contributed by atoms with Crippen LogP contribution in [0.5, 0.6) is 0 Å². The molecule has 116 valence electrons. The summed E-state index contributed by atoms with van der Waals surface area (Å²) in [5.41, 5.74) is 9.70. The van der Waals surface area contributed by atoms with E-state index in [1.165, 1.54) is 11.1 Å². The summed E-state index contributed by atoms with van der Waals surface area (Å²) >= 11 is 0. The number of nitrogens with one attached hydrogen (secondary N) is 1. The van der Waals surface area contributed by atoms with Crippen LogP contribution in [0.2, 0.25) is 0 Å². The summed E-state index contributed by atoms with van der Waals surface area (Å²) in [5, 5.41) is 2.99. The van der Waals surface area contributed by atoms with Crippen molar-refractivity contribution in [3.63, 3.8) is 0 Å². The summed E-state index contributed by atoms with van der Waals surface area (Å²) < 4.78 is 0. The highest BCUT2D eigenvalue weighted by Crippen LogP contribution is 2.19. The van der Waals surface area contributed by atoms with Crippen LogP contribution in [0.15, 0.2) is 54.6 Å². The summed E-state index contributed by atoms with van der Waals surface area (Å²) in [5.74, 6) is -0.246. The average molecular weight is 296 g/mol. The van der Waals surface area contributed by atoms with Crippen molar-refractivity contribution in [2.45, 2.75) is 26.3 Å². The Kier molecular flexibility index (Phi) is 5.73. The Balaban J connectivity index is 1.85. The lowest BCUT2D eigenvalue weighted by molar-refractivity contribution is -0.125. The van der Waals surface area contributed by atoms with Gasteiger partial charge in [-0.3, -0.25) is 4.79 Å². The number of aryl methyl sites for hydroxylation is 1. The van der Waals surface area contributed by atoms with E-state index in [0.717, 1.165) is 12.0 Å². The van der Waals surface area contributed by atoms with Gasteiger partial charge in [0.05, 0.1) is 5.92 Å². The molecule has 0 aliphatic heterocycles. The fraction of sp³-hybridized carbons (Fsp3) is 0.316. The Morgan fingerprint density at radius 1 is 1.09 bits per heavy atom. The van der Waals surface area contributed by atoms with Gasteiger partial charge in [-0.1, -0.05) is 61.5 Å². The molecule has 0 spiro atoms. The molecule has 2 rings (SSSR count). The lowest BCUT2D eigenvalue weighted by atomic mass is 9.94. The maximum atomic E-state index is 12.2. The van der Waals surface area contributed by atoms with Gasteiger partial charge in [0.15, 0.2) is 0 Å². The molecule has 0 saturated heterocycles. The van der Waals surface area contributed by atoms with Gasteiger partial charge >= 0.3 is 0 Å². The number of carbonyl (C=O) groups is 1. The number of hydrogen-bond acceptors (Lipinski definition) is 2. The van der Waals surface area contributed by atoms with Crippen molar-refractivity contribution < 1.29 is 4.79 Å². The van der Waals surface area contributed by atoms with Gasteiger partial charge in [-0.05, 0) is 30.0 Å². The highest BCUT2D eigenvalue weighted by atomic mass is 16.1. The van der Waals surface area contributed by atoms with Crippen molar-refractivity contribution >= 4 is 5.91 Å². The molecule has 1 amide bonds. The minimum absolute atomic E-state index is 0.00457. The van der Waals surface area contributed by atoms with E-state index in [0.29, 0.717) is 6.54 Å². The minimum atomic E-state index is -0.278. The van der Waals surface area contributed by atoms with E-state index in [9.17, 15) is 4.79 Å². The van der Waals surface area contributed by atoms with Crippen LogP contribution in [0.4, 0.5) is 0 Å². The maximum Gasteiger partial charge on any atom is 0.224 e. The van der Waals surface area contributed by atoms with E-state index >= 15 is 0 Å². The molecule has 2 atom stereocenters. The molecule has 22 heavy (non-hydrogen) atoms. The van der Waals surface area contributed by atoms with Crippen molar-refractivity contribution in [3.8, 4) is 0 Å². The normalized spacial score (nSPS) is 13.4. The van der Waals surface area contributed by atoms with E-state index in [1.807, 2.05) is 49.4 Å². The van der Waals surface area contributed by atoms with Crippen LogP contribution in [0.1, 0.15) is 29.7 Å². The van der Waals surface area contributed by atoms with Gasteiger partial charge in [0, 0.05) is 12.6 Å². The number of amides is 1. The quantitative estimate of drug-likeness (QED) is 0.861. The molecule has 0 aliphatic carbocycles. The molecule has 2 aromatic carbocycles. The Labute approximate surface area is 132 Å². The van der Waals surface area contributed by atoms with E-state index in [4.69, 9.17) is 5.73 Å². The van der Waals surface area contributed by atoms with Gasteiger partial charge in [0.1, 0.15) is 0 Å². The van der Waals surface area contributed by atoms with Crippen molar-refractivity contribution in [2.75, 3.05) is 6.54 Å². The molecule has 0 heterocycles. The van der Waals surface area contributed by atoms with Crippen molar-refractivity contribution in [2.24, 2.45) is 11.7 Å². The first kappa shape index (κ1) is 16.2. The van der Waals surface area contributed by atoms with Crippen molar-refractivity contribution in [1.82, 2.24) is 5.32 Å². The lowest BCUT2D eigenvalue weighted by Crippen LogP contribution is -2.36. The second-order valence-electron chi connectivity index (χ2n) is 5.69. The van der Waals surface area contributed by atoms with Crippen LogP contribution in [0, 0.1) is 12.8 Å². The molecule has 3 nitrogen and oxygen atoms in total. The Morgan fingerprint density at radius 2 is 1.73 bits per heavy atom. The number of carbonyl (C=O) groups excluding carboxylic acids is 1. The zero-order valence-electron chi connectivity index (χ0n) is 13.3. The van der Waals surface area contributed by atoms with Crippen LogP contribution in [-0.2, 0) is 11.2 Å².